The molecule has 0 aliphatic heterocycles. The van der Waals surface area contributed by atoms with Crippen LogP contribution in [0.4, 0.5) is 0 Å². The maximum atomic E-state index is 4.80. The molecule has 0 nitrogen and oxygen atoms in total. The van der Waals surface area contributed by atoms with Crippen LogP contribution in [-0.2, 0) is 12.8 Å². The van der Waals surface area contributed by atoms with Gasteiger partial charge in [-0.15, -0.1) is 0 Å². The molecule has 1 fully saturated rings. The molecule has 0 amide bonds. The van der Waals surface area contributed by atoms with E-state index in [1.807, 2.05) is 0 Å². The van der Waals surface area contributed by atoms with Crippen LogP contribution in [0.2, 0.25) is 0 Å². The van der Waals surface area contributed by atoms with Crippen molar-refractivity contribution in [3.8, 4) is 0 Å². The third-order valence-electron chi connectivity index (χ3n) is 9.64. The molecule has 2 aromatic carbocycles. The molecule has 1 saturated carbocycles. The van der Waals surface area contributed by atoms with E-state index in [0.717, 1.165) is 44.1 Å². The lowest BCUT2D eigenvalue weighted by Crippen LogP contribution is -2.22. The summed E-state index contributed by atoms with van der Waals surface area (Å²) in [5.41, 5.74) is 20.4. The second-order valence-corrected chi connectivity index (χ2v) is 12.7. The Hall–Kier alpha value is -3.64. The summed E-state index contributed by atoms with van der Waals surface area (Å²) in [5, 5.41) is 0. The average Bonchev–Trinajstić information content (AvgIpc) is 3.56. The highest BCUT2D eigenvalue weighted by Gasteiger charge is 2.41. The summed E-state index contributed by atoms with van der Waals surface area (Å²) in [6.07, 6.45) is 15.7. The lowest BCUT2D eigenvalue weighted by atomic mass is 9.68. The number of hydrogen-bond acceptors (Lipinski definition) is 0. The first-order valence-corrected chi connectivity index (χ1v) is 15.9. The molecule has 3 aliphatic rings. The molecule has 5 rings (SSSR count). The molecular formula is C42H48. The third-order valence-corrected chi connectivity index (χ3v) is 9.64. The minimum Gasteiger partial charge on any atom is -0.0955 e. The predicted octanol–water partition coefficient (Wildman–Crippen LogP) is 11.8. The first-order chi connectivity index (χ1) is 20.2. The Morgan fingerprint density at radius 3 is 2.40 bits per heavy atom. The van der Waals surface area contributed by atoms with Crippen molar-refractivity contribution in [2.45, 2.75) is 86.0 Å². The van der Waals surface area contributed by atoms with Gasteiger partial charge in [-0.05, 0) is 126 Å². The Kier molecular flexibility index (Phi) is 8.74. The Bertz CT molecular complexity index is 1620. The molecule has 2 atom stereocenters. The largest absolute Gasteiger partial charge is 0.0955 e. The third kappa shape index (κ3) is 5.57. The van der Waals surface area contributed by atoms with Gasteiger partial charge in [-0.3, -0.25) is 0 Å². The van der Waals surface area contributed by atoms with Gasteiger partial charge in [-0.2, -0.15) is 0 Å². The fourth-order valence-corrected chi connectivity index (χ4v) is 7.43. The second kappa shape index (κ2) is 12.3. The maximum Gasteiger partial charge on any atom is 0.0203 e. The van der Waals surface area contributed by atoms with Crippen LogP contribution in [0, 0.1) is 12.8 Å². The average molecular weight is 553 g/mol. The van der Waals surface area contributed by atoms with Crippen molar-refractivity contribution in [3.63, 3.8) is 0 Å². The lowest BCUT2D eigenvalue weighted by Gasteiger charge is -2.36. The minimum atomic E-state index is 0.281. The zero-order valence-electron chi connectivity index (χ0n) is 26.8. The van der Waals surface area contributed by atoms with E-state index in [4.69, 9.17) is 6.58 Å². The number of hydrogen-bond donors (Lipinski definition) is 0. The fraction of sp³-hybridized carbons (Fsp3) is 0.333. The molecule has 2 aromatic rings. The Balaban J connectivity index is 1.49. The quantitative estimate of drug-likeness (QED) is 0.290. The summed E-state index contributed by atoms with van der Waals surface area (Å²) >= 11 is 0. The van der Waals surface area contributed by atoms with Gasteiger partial charge < -0.3 is 0 Å². The van der Waals surface area contributed by atoms with E-state index in [0.29, 0.717) is 5.92 Å². The summed E-state index contributed by atoms with van der Waals surface area (Å²) in [6, 6.07) is 14.0. The molecule has 0 bridgehead atoms. The van der Waals surface area contributed by atoms with E-state index in [1.165, 1.54) is 78.0 Å². The Labute approximate surface area is 255 Å². The molecule has 3 aliphatic carbocycles. The molecule has 0 saturated heterocycles. The molecule has 0 N–H and O–H groups in total. The monoisotopic (exact) mass is 552 g/mol. The van der Waals surface area contributed by atoms with Gasteiger partial charge in [0, 0.05) is 11.8 Å². The summed E-state index contributed by atoms with van der Waals surface area (Å²) < 4.78 is 0. The highest BCUT2D eigenvalue weighted by molar-refractivity contribution is 5.77. The molecule has 2 unspecified atom stereocenters. The van der Waals surface area contributed by atoms with Gasteiger partial charge in [0.2, 0.25) is 0 Å². The number of fused-ring (bicyclic) bond motifs is 1. The molecule has 42 heavy (non-hydrogen) atoms. The molecule has 0 radical (unpaired) electrons. The van der Waals surface area contributed by atoms with Crippen molar-refractivity contribution in [1.29, 1.82) is 0 Å². The maximum absolute atomic E-state index is 4.80. The summed E-state index contributed by atoms with van der Waals surface area (Å²) in [5.74, 6) is 0.578. The number of allylic oxidation sites excluding steroid dienone is 13. The van der Waals surface area contributed by atoms with E-state index >= 15 is 0 Å². The van der Waals surface area contributed by atoms with Crippen molar-refractivity contribution in [2.75, 3.05) is 0 Å². The van der Waals surface area contributed by atoms with Crippen LogP contribution in [-0.4, -0.2) is 0 Å². The molecule has 0 spiro atoms. The van der Waals surface area contributed by atoms with Gasteiger partial charge in [0.05, 0.1) is 0 Å². The van der Waals surface area contributed by atoms with Crippen molar-refractivity contribution < 1.29 is 0 Å². The van der Waals surface area contributed by atoms with Gasteiger partial charge in [-0.1, -0.05) is 118 Å². The van der Waals surface area contributed by atoms with Crippen LogP contribution in [0.1, 0.15) is 99.6 Å². The standard InChI is InChI=1S/C42H48/c1-10-13-28(7)40-29(8)20-37-24-36(30(9)41(37)42(40)39-23-31(11-2)15-18-33(39)12-3)22-32-16-19-34(21-32)35-17-14-27(6)38(25-35)26(4)5/h14-20,22-23,25,41-42H,4,7,9-13,21,24H2,1-3,5-6,8H3/b36-22+. The highest BCUT2D eigenvalue weighted by Crippen LogP contribution is 2.55. The summed E-state index contributed by atoms with van der Waals surface area (Å²) in [4.78, 5) is 0. The SMILES string of the molecule is C=C(CCC)C1=C(C)C=C2C/C(=C\C3=CC=C(c4ccc(C)c(C(=C)C)c4)C3)C(=C)C2C1c1cc(CC)ccc1CC. The van der Waals surface area contributed by atoms with Gasteiger partial charge in [0.1, 0.15) is 0 Å². The molecule has 216 valence electrons. The van der Waals surface area contributed by atoms with Gasteiger partial charge in [-0.25, -0.2) is 0 Å². The minimum absolute atomic E-state index is 0.281. The zero-order chi connectivity index (χ0) is 30.1. The topological polar surface area (TPSA) is 0 Å². The van der Waals surface area contributed by atoms with E-state index in [1.54, 1.807) is 0 Å². The van der Waals surface area contributed by atoms with Gasteiger partial charge in [0.25, 0.3) is 0 Å². The van der Waals surface area contributed by atoms with Gasteiger partial charge in [0.15, 0.2) is 0 Å². The smallest absolute Gasteiger partial charge is 0.0203 e. The summed E-state index contributed by atoms with van der Waals surface area (Å²) in [6.45, 7) is 27.0. The molecule has 0 heterocycles. The van der Waals surface area contributed by atoms with Crippen LogP contribution in [0.15, 0.2) is 119 Å². The normalized spacial score (nSPS) is 21.0. The zero-order valence-corrected chi connectivity index (χ0v) is 26.8. The Morgan fingerprint density at radius 2 is 1.71 bits per heavy atom. The lowest BCUT2D eigenvalue weighted by molar-refractivity contribution is 0.613. The molecular weight excluding hydrogens is 504 g/mol. The van der Waals surface area contributed by atoms with Crippen molar-refractivity contribution in [2.24, 2.45) is 5.92 Å². The van der Waals surface area contributed by atoms with Crippen LogP contribution >= 0.6 is 0 Å². The van der Waals surface area contributed by atoms with E-state index in [-0.39, 0.29) is 5.92 Å². The van der Waals surface area contributed by atoms with Crippen molar-refractivity contribution >= 4 is 11.1 Å². The van der Waals surface area contributed by atoms with Crippen LogP contribution in [0.25, 0.3) is 11.1 Å². The van der Waals surface area contributed by atoms with Crippen molar-refractivity contribution in [1.82, 2.24) is 0 Å². The summed E-state index contributed by atoms with van der Waals surface area (Å²) in [7, 11) is 0. The second-order valence-electron chi connectivity index (χ2n) is 12.7. The number of rotatable bonds is 9. The Morgan fingerprint density at radius 1 is 0.929 bits per heavy atom. The van der Waals surface area contributed by atoms with Crippen LogP contribution in [0.5, 0.6) is 0 Å². The first-order valence-electron chi connectivity index (χ1n) is 15.9. The van der Waals surface area contributed by atoms with Crippen LogP contribution < -0.4 is 0 Å². The molecule has 0 aromatic heterocycles. The number of aryl methyl sites for hydroxylation is 3. The van der Waals surface area contributed by atoms with Gasteiger partial charge >= 0.3 is 0 Å². The van der Waals surface area contributed by atoms with E-state index in [9.17, 15) is 0 Å². The predicted molar refractivity (Wildman–Crippen MR) is 185 cm³/mol. The molecule has 0 heteroatoms. The van der Waals surface area contributed by atoms with E-state index in [2.05, 4.69) is 115 Å². The highest BCUT2D eigenvalue weighted by atomic mass is 14.4. The first kappa shape index (κ1) is 29.8. The fourth-order valence-electron chi connectivity index (χ4n) is 7.43. The number of benzene rings is 2. The van der Waals surface area contributed by atoms with E-state index < -0.39 is 0 Å². The van der Waals surface area contributed by atoms with Crippen molar-refractivity contribution in [3.05, 3.63) is 153 Å². The van der Waals surface area contributed by atoms with Crippen LogP contribution in [0.3, 0.4) is 0 Å².